The maximum atomic E-state index is 5.61. The fourth-order valence-corrected chi connectivity index (χ4v) is 3.96. The van der Waals surface area contributed by atoms with Gasteiger partial charge in [0.05, 0.1) is 6.61 Å². The van der Waals surface area contributed by atoms with Crippen molar-refractivity contribution in [1.29, 1.82) is 0 Å². The predicted octanol–water partition coefficient (Wildman–Crippen LogP) is 1.67. The molecule has 2 atom stereocenters. The molecule has 2 rings (SSSR count). The van der Waals surface area contributed by atoms with Crippen molar-refractivity contribution in [1.82, 2.24) is 5.32 Å². The van der Waals surface area contributed by atoms with Crippen molar-refractivity contribution in [3.8, 4) is 0 Å². The molecule has 0 aliphatic carbocycles. The Bertz CT molecular complexity index is 195. The van der Waals surface area contributed by atoms with E-state index in [9.17, 15) is 0 Å². The van der Waals surface area contributed by atoms with Gasteiger partial charge in [0.2, 0.25) is 0 Å². The Hall–Kier alpha value is 0.230. The van der Waals surface area contributed by atoms with Gasteiger partial charge in [-0.25, -0.2) is 0 Å². The van der Waals surface area contributed by atoms with Gasteiger partial charge in [0, 0.05) is 36.4 Å². The van der Waals surface area contributed by atoms with Gasteiger partial charge in [-0.15, -0.1) is 0 Å². The van der Waals surface area contributed by atoms with Crippen LogP contribution in [0.3, 0.4) is 0 Å². The van der Waals surface area contributed by atoms with Crippen LogP contribution in [0.25, 0.3) is 0 Å². The SMILES string of the molecule is CCNC1CCOCC1SC1CCOCC1. The lowest BCUT2D eigenvalue weighted by Crippen LogP contribution is -2.45. The van der Waals surface area contributed by atoms with Gasteiger partial charge in [0.1, 0.15) is 0 Å². The average Bonchev–Trinajstić information content (AvgIpc) is 2.33. The van der Waals surface area contributed by atoms with E-state index in [2.05, 4.69) is 24.0 Å². The zero-order valence-electron chi connectivity index (χ0n) is 10.1. The second-order valence-electron chi connectivity index (χ2n) is 4.51. The van der Waals surface area contributed by atoms with Gasteiger partial charge in [-0.05, 0) is 25.8 Å². The summed E-state index contributed by atoms with van der Waals surface area (Å²) < 4.78 is 11.0. The second kappa shape index (κ2) is 6.84. The molecule has 0 amide bonds. The van der Waals surface area contributed by atoms with Crippen LogP contribution in [-0.2, 0) is 9.47 Å². The molecule has 0 spiro atoms. The Kier molecular flexibility index (Phi) is 5.42. The molecule has 0 aromatic carbocycles. The number of rotatable bonds is 4. The summed E-state index contributed by atoms with van der Waals surface area (Å²) in [5.41, 5.74) is 0. The number of nitrogens with one attached hydrogen (secondary N) is 1. The summed E-state index contributed by atoms with van der Waals surface area (Å²) >= 11 is 2.12. The molecule has 2 unspecified atom stereocenters. The van der Waals surface area contributed by atoms with Crippen LogP contribution in [0.2, 0.25) is 0 Å². The number of hydrogen-bond acceptors (Lipinski definition) is 4. The fraction of sp³-hybridized carbons (Fsp3) is 1.00. The summed E-state index contributed by atoms with van der Waals surface area (Å²) in [5.74, 6) is 0. The summed E-state index contributed by atoms with van der Waals surface area (Å²) in [6.07, 6.45) is 3.58. The van der Waals surface area contributed by atoms with Crippen molar-refractivity contribution >= 4 is 11.8 Å². The molecule has 3 nitrogen and oxygen atoms in total. The largest absolute Gasteiger partial charge is 0.381 e. The van der Waals surface area contributed by atoms with Crippen LogP contribution >= 0.6 is 11.8 Å². The number of ether oxygens (including phenoxy) is 2. The van der Waals surface area contributed by atoms with E-state index in [0.29, 0.717) is 11.3 Å². The van der Waals surface area contributed by atoms with Crippen molar-refractivity contribution in [3.05, 3.63) is 0 Å². The fourth-order valence-electron chi connectivity index (χ4n) is 2.40. The Balaban J connectivity index is 1.80. The van der Waals surface area contributed by atoms with E-state index < -0.39 is 0 Å². The minimum atomic E-state index is 0.636. The number of hydrogen-bond donors (Lipinski definition) is 1. The maximum Gasteiger partial charge on any atom is 0.0600 e. The van der Waals surface area contributed by atoms with Crippen LogP contribution in [0.5, 0.6) is 0 Å². The molecule has 2 saturated heterocycles. The average molecular weight is 245 g/mol. The van der Waals surface area contributed by atoms with Crippen molar-refractivity contribution in [2.45, 2.75) is 42.7 Å². The van der Waals surface area contributed by atoms with Crippen LogP contribution in [0, 0.1) is 0 Å². The lowest BCUT2D eigenvalue weighted by Gasteiger charge is -2.35. The van der Waals surface area contributed by atoms with Gasteiger partial charge >= 0.3 is 0 Å². The zero-order valence-corrected chi connectivity index (χ0v) is 10.9. The summed E-state index contributed by atoms with van der Waals surface area (Å²) in [5, 5.41) is 5.01. The molecule has 0 bridgehead atoms. The van der Waals surface area contributed by atoms with Crippen LogP contribution in [0.1, 0.15) is 26.2 Å². The molecule has 2 heterocycles. The van der Waals surface area contributed by atoms with Crippen LogP contribution in [0.4, 0.5) is 0 Å². The van der Waals surface area contributed by atoms with Gasteiger partial charge < -0.3 is 14.8 Å². The van der Waals surface area contributed by atoms with E-state index in [-0.39, 0.29) is 0 Å². The van der Waals surface area contributed by atoms with E-state index in [0.717, 1.165) is 44.6 Å². The molecule has 94 valence electrons. The van der Waals surface area contributed by atoms with Gasteiger partial charge in [-0.2, -0.15) is 11.8 Å². The molecule has 0 aromatic rings. The standard InChI is InChI=1S/C12H23NO2S/c1-2-13-11-5-8-15-9-12(11)16-10-3-6-14-7-4-10/h10-13H,2-9H2,1H3. The van der Waals surface area contributed by atoms with Gasteiger partial charge in [-0.3, -0.25) is 0 Å². The first-order chi connectivity index (χ1) is 7.90. The first-order valence-corrected chi connectivity index (χ1v) is 7.38. The summed E-state index contributed by atoms with van der Waals surface area (Å²) in [4.78, 5) is 0. The van der Waals surface area contributed by atoms with Crippen LogP contribution in [-0.4, -0.2) is 49.5 Å². The van der Waals surface area contributed by atoms with Crippen LogP contribution in [0.15, 0.2) is 0 Å². The highest BCUT2D eigenvalue weighted by molar-refractivity contribution is 8.00. The third-order valence-corrected chi connectivity index (χ3v) is 4.98. The quantitative estimate of drug-likeness (QED) is 0.816. The molecule has 2 fully saturated rings. The summed E-state index contributed by atoms with van der Waals surface area (Å²) in [6, 6.07) is 0.645. The molecular weight excluding hydrogens is 222 g/mol. The predicted molar refractivity (Wildman–Crippen MR) is 68.1 cm³/mol. The van der Waals surface area contributed by atoms with Crippen molar-refractivity contribution in [2.24, 2.45) is 0 Å². The highest BCUT2D eigenvalue weighted by Gasteiger charge is 2.28. The molecule has 2 aliphatic rings. The first kappa shape index (κ1) is 12.7. The van der Waals surface area contributed by atoms with Gasteiger partial charge in [0.25, 0.3) is 0 Å². The van der Waals surface area contributed by atoms with Crippen molar-refractivity contribution in [3.63, 3.8) is 0 Å². The molecule has 4 heteroatoms. The maximum absolute atomic E-state index is 5.61. The highest BCUT2D eigenvalue weighted by atomic mass is 32.2. The Morgan fingerprint density at radius 3 is 2.62 bits per heavy atom. The number of thioether (sulfide) groups is 1. The molecule has 0 radical (unpaired) electrons. The molecule has 0 saturated carbocycles. The van der Waals surface area contributed by atoms with E-state index in [4.69, 9.17) is 9.47 Å². The second-order valence-corrected chi connectivity index (χ2v) is 6.06. The topological polar surface area (TPSA) is 30.5 Å². The van der Waals surface area contributed by atoms with Crippen molar-refractivity contribution in [2.75, 3.05) is 33.0 Å². The van der Waals surface area contributed by atoms with E-state index >= 15 is 0 Å². The molecular formula is C12H23NO2S. The molecule has 16 heavy (non-hydrogen) atoms. The monoisotopic (exact) mass is 245 g/mol. The van der Waals surface area contributed by atoms with E-state index in [1.54, 1.807) is 0 Å². The Labute approximate surface area is 103 Å². The third-order valence-electron chi connectivity index (χ3n) is 3.31. The normalized spacial score (nSPS) is 32.8. The molecule has 2 aliphatic heterocycles. The zero-order chi connectivity index (χ0) is 11.2. The lowest BCUT2D eigenvalue weighted by atomic mass is 10.1. The van der Waals surface area contributed by atoms with E-state index in [1.807, 2.05) is 0 Å². The van der Waals surface area contributed by atoms with Gasteiger partial charge in [0.15, 0.2) is 0 Å². The molecule has 1 N–H and O–H groups in total. The summed E-state index contributed by atoms with van der Waals surface area (Å²) in [7, 11) is 0. The van der Waals surface area contributed by atoms with Crippen molar-refractivity contribution < 1.29 is 9.47 Å². The third kappa shape index (κ3) is 3.62. The minimum Gasteiger partial charge on any atom is -0.381 e. The smallest absolute Gasteiger partial charge is 0.0600 e. The van der Waals surface area contributed by atoms with Crippen LogP contribution < -0.4 is 5.32 Å². The highest BCUT2D eigenvalue weighted by Crippen LogP contribution is 2.30. The molecule has 0 aromatic heterocycles. The summed E-state index contributed by atoms with van der Waals surface area (Å²) in [6.45, 7) is 6.97. The Morgan fingerprint density at radius 2 is 1.88 bits per heavy atom. The lowest BCUT2D eigenvalue weighted by molar-refractivity contribution is 0.0816. The minimum absolute atomic E-state index is 0.636. The van der Waals surface area contributed by atoms with E-state index in [1.165, 1.54) is 12.8 Å². The first-order valence-electron chi connectivity index (χ1n) is 6.44. The van der Waals surface area contributed by atoms with Gasteiger partial charge in [-0.1, -0.05) is 6.92 Å². The Morgan fingerprint density at radius 1 is 1.12 bits per heavy atom.